The lowest BCUT2D eigenvalue weighted by atomic mass is 9.87. The van der Waals surface area contributed by atoms with Gasteiger partial charge in [0.25, 0.3) is 0 Å². The van der Waals surface area contributed by atoms with Crippen molar-refractivity contribution in [3.63, 3.8) is 0 Å². The molecule has 1 heterocycles. The molecule has 4 rings (SSSR count). The van der Waals surface area contributed by atoms with Gasteiger partial charge in [-0.15, -0.1) is 0 Å². The van der Waals surface area contributed by atoms with Gasteiger partial charge in [-0.05, 0) is 56.7 Å². The Morgan fingerprint density at radius 3 is 2.24 bits per heavy atom. The molecule has 1 aromatic carbocycles. The van der Waals surface area contributed by atoms with Crippen LogP contribution in [0, 0.1) is 11.7 Å². The minimum absolute atomic E-state index is 0.122. The second kappa shape index (κ2) is 9.92. The Morgan fingerprint density at radius 1 is 0.897 bits per heavy atom. The molecule has 0 bridgehead atoms. The zero-order valence-electron chi connectivity index (χ0n) is 17.6. The molecule has 0 unspecified atom stereocenters. The number of aldehydes is 1. The summed E-state index contributed by atoms with van der Waals surface area (Å²) < 4.78 is 14.6. The third-order valence-electron chi connectivity index (χ3n) is 7.28. The first-order chi connectivity index (χ1) is 14.2. The van der Waals surface area contributed by atoms with Crippen LogP contribution in [0.15, 0.2) is 18.2 Å². The van der Waals surface area contributed by atoms with E-state index in [2.05, 4.69) is 15.1 Å². The lowest BCUT2D eigenvalue weighted by molar-refractivity contribution is -0.111. The Morgan fingerprint density at radius 2 is 1.59 bits per heavy atom. The molecule has 0 amide bonds. The molecule has 2 aliphatic carbocycles. The molecule has 3 fully saturated rings. The topological polar surface area (TPSA) is 35.6 Å². The highest BCUT2D eigenvalue weighted by molar-refractivity contribution is 5.60. The molecule has 0 atom stereocenters. The summed E-state index contributed by atoms with van der Waals surface area (Å²) in [5.41, 5.74) is 1.74. The van der Waals surface area contributed by atoms with Crippen LogP contribution in [0.2, 0.25) is 0 Å². The van der Waals surface area contributed by atoms with Gasteiger partial charge in [-0.1, -0.05) is 25.7 Å². The zero-order valence-corrected chi connectivity index (χ0v) is 17.6. The summed E-state index contributed by atoms with van der Waals surface area (Å²) in [6, 6.07) is 6.57. The van der Waals surface area contributed by atoms with E-state index in [0.29, 0.717) is 6.04 Å². The van der Waals surface area contributed by atoms with Crippen LogP contribution in [0.1, 0.15) is 64.2 Å². The average Bonchev–Trinajstić information content (AvgIpc) is 3.05. The minimum Gasteiger partial charge on any atom is -0.382 e. The number of benzene rings is 1. The summed E-state index contributed by atoms with van der Waals surface area (Å²) in [5, 5.41) is 3.58. The van der Waals surface area contributed by atoms with Crippen molar-refractivity contribution in [3.8, 4) is 0 Å². The van der Waals surface area contributed by atoms with E-state index in [9.17, 15) is 9.18 Å². The van der Waals surface area contributed by atoms with Crippen LogP contribution in [-0.4, -0.2) is 49.4 Å². The lowest BCUT2D eigenvalue weighted by Crippen LogP contribution is -2.50. The standard InChI is InChI=1S/C24H36FN3O/c25-23-12-11-21(26-20-9-7-19(18-29)8-10-20)17-24(23)28-15-13-27(14-16-28)22-5-3-1-2-4-6-22/h11-12,17-20,22,26H,1-10,13-16H2. The maximum Gasteiger partial charge on any atom is 0.146 e. The third-order valence-corrected chi connectivity index (χ3v) is 7.28. The Hall–Kier alpha value is -1.62. The van der Waals surface area contributed by atoms with Crippen molar-refractivity contribution in [2.24, 2.45) is 5.92 Å². The Bertz CT molecular complexity index is 658. The number of carbonyl (C=O) groups is 1. The van der Waals surface area contributed by atoms with E-state index < -0.39 is 0 Å². The van der Waals surface area contributed by atoms with Crippen molar-refractivity contribution >= 4 is 17.7 Å². The molecule has 3 aliphatic rings. The molecule has 29 heavy (non-hydrogen) atoms. The van der Waals surface area contributed by atoms with Gasteiger partial charge in [0.1, 0.15) is 12.1 Å². The predicted molar refractivity (Wildman–Crippen MR) is 117 cm³/mol. The van der Waals surface area contributed by atoms with E-state index >= 15 is 0 Å². The van der Waals surface area contributed by atoms with E-state index in [0.717, 1.165) is 75.6 Å². The molecule has 0 aromatic heterocycles. The molecule has 0 spiro atoms. The van der Waals surface area contributed by atoms with Crippen LogP contribution in [0.3, 0.4) is 0 Å². The maximum atomic E-state index is 14.6. The molecule has 1 aromatic rings. The zero-order chi connectivity index (χ0) is 20.1. The largest absolute Gasteiger partial charge is 0.382 e. The van der Waals surface area contributed by atoms with Crippen molar-refractivity contribution in [1.29, 1.82) is 0 Å². The van der Waals surface area contributed by atoms with Gasteiger partial charge in [0, 0.05) is 49.9 Å². The van der Waals surface area contributed by atoms with E-state index in [1.54, 1.807) is 6.07 Å². The number of piperazine rings is 1. The van der Waals surface area contributed by atoms with Gasteiger partial charge >= 0.3 is 0 Å². The van der Waals surface area contributed by atoms with Gasteiger partial charge < -0.3 is 15.0 Å². The number of rotatable bonds is 5. The fraction of sp³-hybridized carbons (Fsp3) is 0.708. The number of carbonyl (C=O) groups excluding carboxylic acids is 1. The fourth-order valence-corrected chi connectivity index (χ4v) is 5.43. The van der Waals surface area contributed by atoms with Crippen molar-refractivity contribution < 1.29 is 9.18 Å². The first-order valence-electron chi connectivity index (χ1n) is 11.7. The van der Waals surface area contributed by atoms with Crippen molar-refractivity contribution in [1.82, 2.24) is 4.90 Å². The second-order valence-corrected chi connectivity index (χ2v) is 9.23. The lowest BCUT2D eigenvalue weighted by Gasteiger charge is -2.40. The van der Waals surface area contributed by atoms with E-state index in [1.807, 2.05) is 12.1 Å². The van der Waals surface area contributed by atoms with Gasteiger partial charge in [0.05, 0.1) is 5.69 Å². The minimum atomic E-state index is -0.122. The maximum absolute atomic E-state index is 14.6. The normalized spacial score (nSPS) is 27.4. The molecule has 1 saturated heterocycles. The van der Waals surface area contributed by atoms with Gasteiger partial charge in [-0.3, -0.25) is 4.90 Å². The Labute approximate surface area is 174 Å². The van der Waals surface area contributed by atoms with Gasteiger partial charge in [0.2, 0.25) is 0 Å². The quantitative estimate of drug-likeness (QED) is 0.566. The summed E-state index contributed by atoms with van der Waals surface area (Å²) in [7, 11) is 0. The highest BCUT2D eigenvalue weighted by atomic mass is 19.1. The molecular formula is C24H36FN3O. The van der Waals surface area contributed by atoms with E-state index in [-0.39, 0.29) is 11.7 Å². The molecule has 1 N–H and O–H groups in total. The highest BCUT2D eigenvalue weighted by Gasteiger charge is 2.26. The number of halogens is 1. The van der Waals surface area contributed by atoms with E-state index in [4.69, 9.17) is 0 Å². The monoisotopic (exact) mass is 401 g/mol. The first kappa shape index (κ1) is 20.6. The number of hydrogen-bond donors (Lipinski definition) is 1. The summed E-state index contributed by atoms with van der Waals surface area (Å²) in [6.07, 6.45) is 13.2. The summed E-state index contributed by atoms with van der Waals surface area (Å²) in [5.74, 6) is 0.102. The van der Waals surface area contributed by atoms with Crippen molar-refractivity contribution in [2.45, 2.75) is 76.3 Å². The van der Waals surface area contributed by atoms with Gasteiger partial charge in [-0.25, -0.2) is 4.39 Å². The molecule has 5 heteroatoms. The summed E-state index contributed by atoms with van der Waals surface area (Å²) in [6.45, 7) is 3.89. The van der Waals surface area contributed by atoms with Gasteiger partial charge in [0.15, 0.2) is 0 Å². The summed E-state index contributed by atoms with van der Waals surface area (Å²) in [4.78, 5) is 15.8. The van der Waals surface area contributed by atoms with Crippen LogP contribution in [0.4, 0.5) is 15.8 Å². The molecule has 1 aliphatic heterocycles. The Kier molecular flexibility index (Phi) is 7.06. The number of nitrogens with one attached hydrogen (secondary N) is 1. The van der Waals surface area contributed by atoms with Crippen LogP contribution in [0.5, 0.6) is 0 Å². The molecule has 0 radical (unpaired) electrons. The molecular weight excluding hydrogens is 365 g/mol. The predicted octanol–water partition coefficient (Wildman–Crippen LogP) is 4.84. The van der Waals surface area contributed by atoms with Crippen LogP contribution < -0.4 is 10.2 Å². The van der Waals surface area contributed by atoms with Crippen molar-refractivity contribution in [3.05, 3.63) is 24.0 Å². The molecule has 2 saturated carbocycles. The summed E-state index contributed by atoms with van der Waals surface area (Å²) >= 11 is 0. The Balaban J connectivity index is 1.34. The number of anilines is 2. The number of hydrogen-bond acceptors (Lipinski definition) is 4. The van der Waals surface area contributed by atoms with Gasteiger partial charge in [-0.2, -0.15) is 0 Å². The highest BCUT2D eigenvalue weighted by Crippen LogP contribution is 2.30. The second-order valence-electron chi connectivity index (χ2n) is 9.23. The first-order valence-corrected chi connectivity index (χ1v) is 11.7. The van der Waals surface area contributed by atoms with Crippen molar-refractivity contribution in [2.75, 3.05) is 36.4 Å². The average molecular weight is 402 g/mol. The van der Waals surface area contributed by atoms with Crippen LogP contribution >= 0.6 is 0 Å². The third kappa shape index (κ3) is 5.30. The van der Waals surface area contributed by atoms with E-state index in [1.165, 1.54) is 38.5 Å². The number of nitrogens with zero attached hydrogens (tertiary/aromatic N) is 2. The fourth-order valence-electron chi connectivity index (χ4n) is 5.43. The van der Waals surface area contributed by atoms with Crippen LogP contribution in [0.25, 0.3) is 0 Å². The van der Waals surface area contributed by atoms with Crippen LogP contribution in [-0.2, 0) is 4.79 Å². The smallest absolute Gasteiger partial charge is 0.146 e. The molecule has 160 valence electrons. The SMILES string of the molecule is O=CC1CCC(Nc2ccc(F)c(N3CCN(C4CCCCCC4)CC3)c2)CC1. The molecule has 4 nitrogen and oxygen atoms in total.